The zero-order valence-electron chi connectivity index (χ0n) is 6.96. The smallest absolute Gasteiger partial charge is 0.219 e. The monoisotopic (exact) mass is 194 g/mol. The van der Waals surface area contributed by atoms with Crippen LogP contribution in [0.15, 0.2) is 0 Å². The van der Waals surface area contributed by atoms with Crippen LogP contribution in [0.5, 0.6) is 0 Å². The van der Waals surface area contributed by atoms with E-state index in [2.05, 4.69) is 0 Å². The van der Waals surface area contributed by atoms with Crippen LogP contribution in [-0.4, -0.2) is 30.5 Å². The molecule has 0 spiro atoms. The quantitative estimate of drug-likeness (QED) is 0.492. The highest BCUT2D eigenvalue weighted by Crippen LogP contribution is 1.99. The predicted octanol–water partition coefficient (Wildman–Crippen LogP) is 2.08. The third-order valence-corrected chi connectivity index (χ3v) is 2.09. The van der Waals surface area contributed by atoms with Crippen LogP contribution in [0.3, 0.4) is 0 Å². The maximum atomic E-state index is 5.15. The standard InChI is InChI=1S/C7H14O2S2/c1-3-8-5-4-6-9-7(10)11-2/h3-6H2,1-2H3. The number of ether oxygens (including phenoxy) is 2. The second kappa shape index (κ2) is 8.30. The van der Waals surface area contributed by atoms with E-state index in [4.69, 9.17) is 21.7 Å². The first-order valence-electron chi connectivity index (χ1n) is 3.59. The first kappa shape index (κ1) is 11.2. The minimum absolute atomic E-state index is 0.612. The Bertz CT molecular complexity index is 107. The fraction of sp³-hybridized carbons (Fsp3) is 0.857. The molecule has 0 aromatic rings. The van der Waals surface area contributed by atoms with Crippen molar-refractivity contribution in [3.63, 3.8) is 0 Å². The maximum absolute atomic E-state index is 5.15. The van der Waals surface area contributed by atoms with Gasteiger partial charge in [0.15, 0.2) is 0 Å². The van der Waals surface area contributed by atoms with Crippen molar-refractivity contribution in [2.24, 2.45) is 0 Å². The molecule has 0 aromatic heterocycles. The van der Waals surface area contributed by atoms with Crippen molar-refractivity contribution in [2.75, 3.05) is 26.1 Å². The van der Waals surface area contributed by atoms with Gasteiger partial charge in [-0.15, -0.1) is 0 Å². The van der Waals surface area contributed by atoms with Gasteiger partial charge < -0.3 is 9.47 Å². The largest absolute Gasteiger partial charge is 0.479 e. The lowest BCUT2D eigenvalue weighted by Gasteiger charge is -2.03. The molecule has 66 valence electrons. The van der Waals surface area contributed by atoms with E-state index in [1.54, 1.807) is 0 Å². The zero-order chi connectivity index (χ0) is 8.53. The van der Waals surface area contributed by atoms with Gasteiger partial charge >= 0.3 is 0 Å². The molecule has 0 aliphatic carbocycles. The lowest BCUT2D eigenvalue weighted by molar-refractivity contribution is 0.130. The van der Waals surface area contributed by atoms with Crippen LogP contribution in [0, 0.1) is 0 Å². The van der Waals surface area contributed by atoms with Crippen LogP contribution in [0.4, 0.5) is 0 Å². The molecule has 11 heavy (non-hydrogen) atoms. The molecule has 0 aliphatic rings. The number of thioether (sulfide) groups is 1. The second-order valence-electron chi connectivity index (χ2n) is 1.85. The molecular weight excluding hydrogens is 180 g/mol. The van der Waals surface area contributed by atoms with Crippen LogP contribution < -0.4 is 0 Å². The molecule has 0 amide bonds. The first-order valence-corrected chi connectivity index (χ1v) is 5.23. The fourth-order valence-corrected chi connectivity index (χ4v) is 0.804. The van der Waals surface area contributed by atoms with Gasteiger partial charge in [-0.1, -0.05) is 11.8 Å². The number of thiocarbonyl (C=S) groups is 1. The van der Waals surface area contributed by atoms with Gasteiger partial charge in [-0.2, -0.15) is 0 Å². The molecule has 2 nitrogen and oxygen atoms in total. The summed E-state index contributed by atoms with van der Waals surface area (Å²) < 4.78 is 10.9. The van der Waals surface area contributed by atoms with Gasteiger partial charge in [0, 0.05) is 19.6 Å². The number of hydrogen-bond donors (Lipinski definition) is 0. The molecule has 0 rings (SSSR count). The normalized spacial score (nSPS) is 9.64. The van der Waals surface area contributed by atoms with E-state index in [-0.39, 0.29) is 0 Å². The third kappa shape index (κ3) is 8.10. The van der Waals surface area contributed by atoms with Crippen molar-refractivity contribution in [3.8, 4) is 0 Å². The summed E-state index contributed by atoms with van der Waals surface area (Å²) in [5.41, 5.74) is 0. The minimum Gasteiger partial charge on any atom is -0.479 e. The number of hydrogen-bond acceptors (Lipinski definition) is 4. The van der Waals surface area contributed by atoms with E-state index in [1.165, 1.54) is 11.8 Å². The van der Waals surface area contributed by atoms with Crippen LogP contribution in [0.25, 0.3) is 0 Å². The van der Waals surface area contributed by atoms with Crippen molar-refractivity contribution in [1.29, 1.82) is 0 Å². The van der Waals surface area contributed by atoms with E-state index < -0.39 is 0 Å². The molecule has 4 heteroatoms. The fourth-order valence-electron chi connectivity index (χ4n) is 0.520. The van der Waals surface area contributed by atoms with Gasteiger partial charge in [0.2, 0.25) is 4.38 Å². The summed E-state index contributed by atoms with van der Waals surface area (Å²) in [4.78, 5) is 0. The Morgan fingerprint density at radius 3 is 2.73 bits per heavy atom. The molecule has 0 radical (unpaired) electrons. The highest BCUT2D eigenvalue weighted by molar-refractivity contribution is 8.22. The van der Waals surface area contributed by atoms with Crippen LogP contribution in [0.1, 0.15) is 13.3 Å². The average molecular weight is 194 g/mol. The van der Waals surface area contributed by atoms with E-state index >= 15 is 0 Å². The molecule has 0 aromatic carbocycles. The Morgan fingerprint density at radius 1 is 1.45 bits per heavy atom. The molecule has 0 fully saturated rings. The molecule has 0 bridgehead atoms. The lowest BCUT2D eigenvalue weighted by atomic mass is 10.5. The average Bonchev–Trinajstić information content (AvgIpc) is 2.04. The lowest BCUT2D eigenvalue weighted by Crippen LogP contribution is -2.02. The SMILES string of the molecule is CCOCCCOC(=S)SC. The van der Waals surface area contributed by atoms with Gasteiger partial charge in [-0.3, -0.25) is 0 Å². The van der Waals surface area contributed by atoms with Gasteiger partial charge in [0.05, 0.1) is 6.61 Å². The summed E-state index contributed by atoms with van der Waals surface area (Å²) in [6, 6.07) is 0. The Kier molecular flexibility index (Phi) is 8.45. The van der Waals surface area contributed by atoms with Crippen LogP contribution >= 0.6 is 24.0 Å². The van der Waals surface area contributed by atoms with Crippen molar-refractivity contribution < 1.29 is 9.47 Å². The van der Waals surface area contributed by atoms with Crippen molar-refractivity contribution in [1.82, 2.24) is 0 Å². The summed E-state index contributed by atoms with van der Waals surface area (Å²) in [6.45, 7) is 4.17. The maximum Gasteiger partial charge on any atom is 0.219 e. The Balaban J connectivity index is 2.95. The van der Waals surface area contributed by atoms with Gasteiger partial charge in [0.1, 0.15) is 0 Å². The Morgan fingerprint density at radius 2 is 2.18 bits per heavy atom. The molecule has 0 saturated heterocycles. The predicted molar refractivity (Wildman–Crippen MR) is 53.2 cm³/mol. The molecule has 0 heterocycles. The topological polar surface area (TPSA) is 18.5 Å². The van der Waals surface area contributed by atoms with Gasteiger partial charge in [0.25, 0.3) is 0 Å². The minimum atomic E-state index is 0.612. The third-order valence-electron chi connectivity index (χ3n) is 1.02. The van der Waals surface area contributed by atoms with Gasteiger partial charge in [-0.05, 0) is 25.4 Å². The Hall–Kier alpha value is 0.200. The van der Waals surface area contributed by atoms with Crippen molar-refractivity contribution in [2.45, 2.75) is 13.3 Å². The summed E-state index contributed by atoms with van der Waals surface area (Å²) in [7, 11) is 0. The molecular formula is C7H14O2S2. The molecule has 0 N–H and O–H groups in total. The van der Waals surface area contributed by atoms with Crippen molar-refractivity contribution >= 4 is 28.4 Å². The highest BCUT2D eigenvalue weighted by Gasteiger charge is 1.92. The van der Waals surface area contributed by atoms with E-state index in [0.717, 1.165) is 19.6 Å². The van der Waals surface area contributed by atoms with Crippen LogP contribution in [-0.2, 0) is 9.47 Å². The zero-order valence-corrected chi connectivity index (χ0v) is 8.59. The molecule has 0 atom stereocenters. The number of rotatable bonds is 5. The van der Waals surface area contributed by atoms with Crippen molar-refractivity contribution in [3.05, 3.63) is 0 Å². The van der Waals surface area contributed by atoms with Crippen LogP contribution in [0.2, 0.25) is 0 Å². The molecule has 0 aliphatic heterocycles. The van der Waals surface area contributed by atoms with E-state index in [9.17, 15) is 0 Å². The van der Waals surface area contributed by atoms with E-state index in [1.807, 2.05) is 13.2 Å². The van der Waals surface area contributed by atoms with E-state index in [0.29, 0.717) is 11.0 Å². The molecule has 0 unspecified atom stereocenters. The molecule has 0 saturated carbocycles. The summed E-state index contributed by atoms with van der Waals surface area (Å²) in [5, 5.41) is 0. The highest BCUT2D eigenvalue weighted by atomic mass is 32.2. The first-order chi connectivity index (χ1) is 5.31. The Labute approximate surface area is 77.6 Å². The summed E-state index contributed by atoms with van der Waals surface area (Å²) in [5.74, 6) is 0. The summed E-state index contributed by atoms with van der Waals surface area (Å²) >= 11 is 6.29. The van der Waals surface area contributed by atoms with Gasteiger partial charge in [-0.25, -0.2) is 0 Å². The second-order valence-corrected chi connectivity index (χ2v) is 3.26. The summed E-state index contributed by atoms with van der Waals surface area (Å²) in [6.07, 6.45) is 2.82.